The number of aromatic nitrogens is 3. The first-order chi connectivity index (χ1) is 11.7. The predicted octanol–water partition coefficient (Wildman–Crippen LogP) is 5.25. The molecule has 3 aromatic rings. The molecule has 0 saturated heterocycles. The molecule has 0 aliphatic carbocycles. The van der Waals surface area contributed by atoms with Crippen LogP contribution in [-0.2, 0) is 5.41 Å². The summed E-state index contributed by atoms with van der Waals surface area (Å²) in [4.78, 5) is 1.57. The summed E-state index contributed by atoms with van der Waals surface area (Å²) in [6.07, 6.45) is 1.04. The minimum absolute atomic E-state index is 0.161. The lowest BCUT2D eigenvalue weighted by Gasteiger charge is -2.24. The minimum Gasteiger partial charge on any atom is -0.505 e. The molecule has 3 rings (SSSR count). The Morgan fingerprint density at radius 3 is 2.40 bits per heavy atom. The number of phenols is 1. The van der Waals surface area contributed by atoms with E-state index < -0.39 is 0 Å². The molecule has 2 aromatic carbocycles. The fourth-order valence-electron chi connectivity index (χ4n) is 3.02. The van der Waals surface area contributed by atoms with Gasteiger partial charge in [0.2, 0.25) is 0 Å². The van der Waals surface area contributed by atoms with Crippen molar-refractivity contribution in [3.05, 3.63) is 47.0 Å². The van der Waals surface area contributed by atoms with Crippen molar-refractivity contribution < 1.29 is 5.11 Å². The van der Waals surface area contributed by atoms with Gasteiger partial charge < -0.3 is 5.11 Å². The van der Waals surface area contributed by atoms with Gasteiger partial charge in [-0.05, 0) is 54.0 Å². The molecule has 4 heteroatoms. The van der Waals surface area contributed by atoms with Gasteiger partial charge in [-0.2, -0.15) is 0 Å². The lowest BCUT2D eigenvalue weighted by molar-refractivity contribution is 0.439. The number of benzene rings is 2. The zero-order valence-corrected chi connectivity index (χ0v) is 16.0. The summed E-state index contributed by atoms with van der Waals surface area (Å²) in [6.45, 7) is 12.8. The highest BCUT2D eigenvalue weighted by atomic mass is 16.3. The molecule has 25 heavy (non-hydrogen) atoms. The zero-order chi connectivity index (χ0) is 18.4. The van der Waals surface area contributed by atoms with Crippen molar-refractivity contribution >= 4 is 11.0 Å². The molecule has 0 saturated carbocycles. The van der Waals surface area contributed by atoms with E-state index in [2.05, 4.69) is 50.9 Å². The molecule has 1 heterocycles. The van der Waals surface area contributed by atoms with E-state index in [1.165, 1.54) is 5.56 Å². The van der Waals surface area contributed by atoms with E-state index in [9.17, 15) is 5.11 Å². The number of rotatable bonds is 3. The normalized spacial score (nSPS) is 13.4. The highest BCUT2D eigenvalue weighted by Gasteiger charge is 2.24. The van der Waals surface area contributed by atoms with Crippen molar-refractivity contribution in [1.82, 2.24) is 15.0 Å². The smallest absolute Gasteiger partial charge is 0.146 e. The third-order valence-electron chi connectivity index (χ3n) is 4.85. The molecule has 1 atom stereocenters. The third kappa shape index (κ3) is 3.26. The molecule has 1 N–H and O–H groups in total. The molecule has 0 fully saturated rings. The van der Waals surface area contributed by atoms with E-state index in [1.807, 2.05) is 31.2 Å². The van der Waals surface area contributed by atoms with Crippen LogP contribution in [0.15, 0.2) is 30.3 Å². The summed E-state index contributed by atoms with van der Waals surface area (Å²) < 4.78 is 0. The van der Waals surface area contributed by atoms with Crippen molar-refractivity contribution in [3.63, 3.8) is 0 Å². The summed E-state index contributed by atoms with van der Waals surface area (Å²) in [5, 5.41) is 20.1. The Kier molecular flexibility index (Phi) is 4.31. The Labute approximate surface area is 149 Å². The second-order valence-corrected chi connectivity index (χ2v) is 7.98. The van der Waals surface area contributed by atoms with Gasteiger partial charge in [-0.15, -0.1) is 15.0 Å². The maximum Gasteiger partial charge on any atom is 0.146 e. The summed E-state index contributed by atoms with van der Waals surface area (Å²) >= 11 is 0. The molecule has 0 aliphatic heterocycles. The van der Waals surface area contributed by atoms with Gasteiger partial charge in [-0.25, -0.2) is 0 Å². The fraction of sp³-hybridized carbons (Fsp3) is 0.429. The maximum absolute atomic E-state index is 10.9. The van der Waals surface area contributed by atoms with Crippen LogP contribution in [0.4, 0.5) is 0 Å². The van der Waals surface area contributed by atoms with Crippen molar-refractivity contribution in [1.29, 1.82) is 0 Å². The molecule has 132 valence electrons. The average Bonchev–Trinajstić information content (AvgIpc) is 2.95. The third-order valence-corrected chi connectivity index (χ3v) is 4.85. The van der Waals surface area contributed by atoms with Crippen LogP contribution in [0, 0.1) is 6.92 Å². The van der Waals surface area contributed by atoms with Gasteiger partial charge in [0.25, 0.3) is 0 Å². The molecule has 0 amide bonds. The van der Waals surface area contributed by atoms with Crippen molar-refractivity contribution in [2.24, 2.45) is 0 Å². The van der Waals surface area contributed by atoms with E-state index in [1.54, 1.807) is 4.80 Å². The molecule has 0 radical (unpaired) electrons. The molecule has 0 aliphatic rings. The Bertz CT molecular complexity index is 919. The van der Waals surface area contributed by atoms with Gasteiger partial charge in [-0.3, -0.25) is 0 Å². The first-order valence-electron chi connectivity index (χ1n) is 8.92. The van der Waals surface area contributed by atoms with Gasteiger partial charge in [0.1, 0.15) is 22.5 Å². The predicted molar refractivity (Wildman–Crippen MR) is 103 cm³/mol. The van der Waals surface area contributed by atoms with Crippen LogP contribution < -0.4 is 0 Å². The van der Waals surface area contributed by atoms with Gasteiger partial charge in [0, 0.05) is 5.56 Å². The molecule has 1 aromatic heterocycles. The second kappa shape index (κ2) is 6.17. The molecular formula is C21H27N3O. The average molecular weight is 337 g/mol. The van der Waals surface area contributed by atoms with Crippen LogP contribution in [0.3, 0.4) is 0 Å². The zero-order valence-electron chi connectivity index (χ0n) is 16.0. The molecule has 0 spiro atoms. The highest BCUT2D eigenvalue weighted by Crippen LogP contribution is 2.38. The molecule has 1 unspecified atom stereocenters. The van der Waals surface area contributed by atoms with Crippen LogP contribution >= 0.6 is 0 Å². The Balaban J connectivity index is 2.25. The van der Waals surface area contributed by atoms with Gasteiger partial charge in [0.15, 0.2) is 0 Å². The standard InChI is InChI=1S/C21H27N3O/c1-7-14(3)15-11-16(21(4,5)6)20(25)19(12-15)24-22-17-9-8-13(2)10-18(17)23-24/h8-12,14,25H,7H2,1-6H3. The quantitative estimate of drug-likeness (QED) is 0.710. The lowest BCUT2D eigenvalue weighted by Crippen LogP contribution is -2.14. The van der Waals surface area contributed by atoms with E-state index in [-0.39, 0.29) is 11.2 Å². The Hall–Kier alpha value is -2.36. The number of phenolic OH excluding ortho intramolecular Hbond substituents is 1. The van der Waals surface area contributed by atoms with Gasteiger partial charge >= 0.3 is 0 Å². The van der Waals surface area contributed by atoms with E-state index in [4.69, 9.17) is 0 Å². The lowest BCUT2D eigenvalue weighted by atomic mass is 9.83. The van der Waals surface area contributed by atoms with Crippen LogP contribution in [0.5, 0.6) is 5.75 Å². The topological polar surface area (TPSA) is 50.9 Å². The first kappa shape index (κ1) is 17.5. The van der Waals surface area contributed by atoms with Crippen molar-refractivity contribution in [3.8, 4) is 11.4 Å². The number of aryl methyl sites for hydroxylation is 1. The fourth-order valence-corrected chi connectivity index (χ4v) is 3.02. The number of hydrogen-bond acceptors (Lipinski definition) is 3. The maximum atomic E-state index is 10.9. The number of fused-ring (bicyclic) bond motifs is 1. The SMILES string of the molecule is CCC(C)c1cc(-n2nc3ccc(C)cc3n2)c(O)c(C(C)(C)C)c1. The number of aromatic hydroxyl groups is 1. The summed E-state index contributed by atoms with van der Waals surface area (Å²) in [5.41, 5.74) is 5.44. The number of hydrogen-bond donors (Lipinski definition) is 1. The first-order valence-corrected chi connectivity index (χ1v) is 8.92. The van der Waals surface area contributed by atoms with Crippen molar-refractivity contribution in [2.75, 3.05) is 0 Å². The van der Waals surface area contributed by atoms with Crippen LogP contribution in [-0.4, -0.2) is 20.1 Å². The molecule has 0 bridgehead atoms. The van der Waals surface area contributed by atoms with Gasteiger partial charge in [-0.1, -0.05) is 46.8 Å². The number of nitrogens with zero attached hydrogens (tertiary/aromatic N) is 3. The second-order valence-electron chi connectivity index (χ2n) is 7.98. The van der Waals surface area contributed by atoms with Crippen LogP contribution in [0.2, 0.25) is 0 Å². The summed E-state index contributed by atoms with van der Waals surface area (Å²) in [7, 11) is 0. The van der Waals surface area contributed by atoms with Crippen molar-refractivity contribution in [2.45, 2.75) is 59.3 Å². The monoisotopic (exact) mass is 337 g/mol. The van der Waals surface area contributed by atoms with E-state index in [0.29, 0.717) is 11.6 Å². The van der Waals surface area contributed by atoms with Crippen LogP contribution in [0.1, 0.15) is 63.6 Å². The molecule has 4 nitrogen and oxygen atoms in total. The Morgan fingerprint density at radius 1 is 1.08 bits per heavy atom. The summed E-state index contributed by atoms with van der Waals surface area (Å²) in [6, 6.07) is 10.1. The highest BCUT2D eigenvalue weighted by molar-refractivity contribution is 5.75. The largest absolute Gasteiger partial charge is 0.505 e. The van der Waals surface area contributed by atoms with Crippen LogP contribution in [0.25, 0.3) is 16.7 Å². The Morgan fingerprint density at radius 2 is 1.76 bits per heavy atom. The van der Waals surface area contributed by atoms with E-state index >= 15 is 0 Å². The summed E-state index contributed by atoms with van der Waals surface area (Å²) in [5.74, 6) is 0.671. The molecular weight excluding hydrogens is 310 g/mol. The minimum atomic E-state index is -0.161. The van der Waals surface area contributed by atoms with E-state index in [0.717, 1.165) is 28.6 Å². The van der Waals surface area contributed by atoms with Gasteiger partial charge in [0.05, 0.1) is 0 Å².